The number of nitro groups is 1. The molecule has 6 heteroatoms. The second-order valence-corrected chi connectivity index (χ2v) is 6.24. The predicted molar refractivity (Wildman–Crippen MR) is 108 cm³/mol. The molecule has 0 saturated heterocycles. The molecule has 0 aromatic heterocycles. The quantitative estimate of drug-likeness (QED) is 0.398. The van der Waals surface area contributed by atoms with Crippen molar-refractivity contribution in [1.82, 2.24) is 5.43 Å². The normalized spacial score (nSPS) is 11.3. The summed E-state index contributed by atoms with van der Waals surface area (Å²) in [5, 5.41) is 15.1. The monoisotopic (exact) mass is 373 g/mol. The second-order valence-electron chi connectivity index (χ2n) is 6.24. The van der Waals surface area contributed by atoms with Gasteiger partial charge in [-0.2, -0.15) is 5.10 Å². The van der Waals surface area contributed by atoms with Crippen LogP contribution in [0.2, 0.25) is 0 Å². The van der Waals surface area contributed by atoms with Crippen LogP contribution < -0.4 is 5.43 Å². The molecular formula is C22H19N3O3. The molecule has 0 heterocycles. The molecule has 0 aliphatic rings. The highest BCUT2D eigenvalue weighted by Gasteiger charge is 2.22. The summed E-state index contributed by atoms with van der Waals surface area (Å²) < 4.78 is 0. The van der Waals surface area contributed by atoms with E-state index in [1.165, 1.54) is 12.1 Å². The Morgan fingerprint density at radius 2 is 1.50 bits per heavy atom. The van der Waals surface area contributed by atoms with E-state index >= 15 is 0 Å². The summed E-state index contributed by atoms with van der Waals surface area (Å²) in [4.78, 5) is 23.4. The number of nitrogens with zero attached hydrogens (tertiary/aromatic N) is 2. The van der Waals surface area contributed by atoms with Crippen molar-refractivity contribution in [2.24, 2.45) is 5.10 Å². The lowest BCUT2D eigenvalue weighted by Gasteiger charge is -2.16. The number of nitrogens with one attached hydrogen (secondary N) is 1. The molecule has 0 bridgehead atoms. The molecule has 1 N–H and O–H groups in total. The SMILES string of the molecule is C/C(=N/NC(=O)C(c1ccccc1)c1ccccc1)c1cccc([N+](=O)[O-])c1. The molecule has 0 atom stereocenters. The third kappa shape index (κ3) is 4.48. The van der Waals surface area contributed by atoms with Gasteiger partial charge in [0.1, 0.15) is 0 Å². The summed E-state index contributed by atoms with van der Waals surface area (Å²) in [6.45, 7) is 1.69. The minimum absolute atomic E-state index is 0.0233. The van der Waals surface area contributed by atoms with Crippen LogP contribution in [0.15, 0.2) is 90.0 Å². The first kappa shape index (κ1) is 19.0. The van der Waals surface area contributed by atoms with Gasteiger partial charge in [-0.1, -0.05) is 72.8 Å². The van der Waals surface area contributed by atoms with E-state index in [0.29, 0.717) is 11.3 Å². The summed E-state index contributed by atoms with van der Waals surface area (Å²) in [5.74, 6) is -0.786. The molecule has 3 aromatic rings. The van der Waals surface area contributed by atoms with Gasteiger partial charge in [-0.15, -0.1) is 0 Å². The maximum atomic E-state index is 12.9. The van der Waals surface area contributed by atoms with Gasteiger partial charge in [-0.05, 0) is 18.1 Å². The van der Waals surface area contributed by atoms with Gasteiger partial charge in [0.05, 0.1) is 16.6 Å². The van der Waals surface area contributed by atoms with Crippen molar-refractivity contribution in [3.05, 3.63) is 112 Å². The highest BCUT2D eigenvalue weighted by atomic mass is 16.6. The van der Waals surface area contributed by atoms with Crippen LogP contribution in [0.25, 0.3) is 0 Å². The van der Waals surface area contributed by atoms with E-state index in [4.69, 9.17) is 0 Å². The fraction of sp³-hybridized carbons (Fsp3) is 0.0909. The van der Waals surface area contributed by atoms with Crippen molar-refractivity contribution < 1.29 is 9.72 Å². The molecule has 0 spiro atoms. The fourth-order valence-corrected chi connectivity index (χ4v) is 2.90. The molecule has 140 valence electrons. The van der Waals surface area contributed by atoms with Crippen molar-refractivity contribution in [3.8, 4) is 0 Å². The number of hydrogen-bond acceptors (Lipinski definition) is 4. The molecule has 0 unspecified atom stereocenters. The predicted octanol–water partition coefficient (Wildman–Crippen LogP) is 4.27. The van der Waals surface area contributed by atoms with Gasteiger partial charge in [-0.3, -0.25) is 14.9 Å². The van der Waals surface area contributed by atoms with Gasteiger partial charge in [0.2, 0.25) is 0 Å². The average Bonchev–Trinajstić information content (AvgIpc) is 2.74. The zero-order chi connectivity index (χ0) is 19.9. The van der Waals surface area contributed by atoms with Crippen molar-refractivity contribution >= 4 is 17.3 Å². The zero-order valence-corrected chi connectivity index (χ0v) is 15.3. The summed E-state index contributed by atoms with van der Waals surface area (Å²) in [6.07, 6.45) is 0. The number of benzene rings is 3. The van der Waals surface area contributed by atoms with E-state index in [2.05, 4.69) is 10.5 Å². The van der Waals surface area contributed by atoms with Crippen LogP contribution in [-0.4, -0.2) is 16.5 Å². The van der Waals surface area contributed by atoms with E-state index in [9.17, 15) is 14.9 Å². The zero-order valence-electron chi connectivity index (χ0n) is 15.3. The molecular weight excluding hydrogens is 354 g/mol. The van der Waals surface area contributed by atoms with Gasteiger partial charge in [0.25, 0.3) is 11.6 Å². The number of non-ortho nitro benzene ring substituents is 1. The number of carbonyl (C=O) groups excluding carboxylic acids is 1. The van der Waals surface area contributed by atoms with Crippen LogP contribution in [0.5, 0.6) is 0 Å². The number of rotatable bonds is 6. The summed E-state index contributed by atoms with van der Waals surface area (Å²) in [5.41, 5.74) is 5.35. The lowest BCUT2D eigenvalue weighted by molar-refractivity contribution is -0.384. The first-order chi connectivity index (χ1) is 13.6. The Morgan fingerprint density at radius 1 is 0.929 bits per heavy atom. The summed E-state index contributed by atoms with van der Waals surface area (Å²) in [6, 6.07) is 25.1. The average molecular weight is 373 g/mol. The Balaban J connectivity index is 1.85. The summed E-state index contributed by atoms with van der Waals surface area (Å²) >= 11 is 0. The van der Waals surface area contributed by atoms with Crippen LogP contribution in [0, 0.1) is 10.1 Å². The molecule has 1 amide bonds. The topological polar surface area (TPSA) is 84.6 Å². The first-order valence-electron chi connectivity index (χ1n) is 8.75. The van der Waals surface area contributed by atoms with E-state index in [1.807, 2.05) is 60.7 Å². The number of amides is 1. The van der Waals surface area contributed by atoms with Gasteiger partial charge in [-0.25, -0.2) is 5.43 Å². The highest BCUT2D eigenvalue weighted by Crippen LogP contribution is 2.24. The van der Waals surface area contributed by atoms with Crippen molar-refractivity contribution in [2.45, 2.75) is 12.8 Å². The lowest BCUT2D eigenvalue weighted by Crippen LogP contribution is -2.27. The van der Waals surface area contributed by atoms with E-state index in [0.717, 1.165) is 11.1 Å². The van der Waals surface area contributed by atoms with Crippen molar-refractivity contribution in [1.29, 1.82) is 0 Å². The van der Waals surface area contributed by atoms with Gasteiger partial charge in [0, 0.05) is 17.7 Å². The minimum Gasteiger partial charge on any atom is -0.272 e. The first-order valence-corrected chi connectivity index (χ1v) is 8.75. The number of nitro benzene ring substituents is 1. The second kappa shape index (κ2) is 8.73. The van der Waals surface area contributed by atoms with Crippen LogP contribution >= 0.6 is 0 Å². The Kier molecular flexibility index (Phi) is 5.91. The standard InChI is InChI=1S/C22H19N3O3/c1-16(19-13-8-14-20(15-19)25(27)28)23-24-22(26)21(17-9-4-2-5-10-17)18-11-6-3-7-12-18/h2-15,21H,1H3,(H,24,26)/b23-16-. The third-order valence-corrected chi connectivity index (χ3v) is 4.34. The highest BCUT2D eigenvalue weighted by molar-refractivity contribution is 6.00. The lowest BCUT2D eigenvalue weighted by atomic mass is 9.91. The number of hydrogen-bond donors (Lipinski definition) is 1. The Hall–Kier alpha value is -3.80. The molecule has 0 saturated carbocycles. The minimum atomic E-state index is -0.510. The molecule has 0 aliphatic carbocycles. The van der Waals surface area contributed by atoms with Crippen LogP contribution in [0.3, 0.4) is 0 Å². The van der Waals surface area contributed by atoms with E-state index in [-0.39, 0.29) is 11.6 Å². The maximum Gasteiger partial charge on any atom is 0.270 e. The number of carbonyl (C=O) groups is 1. The molecule has 3 aromatic carbocycles. The van der Waals surface area contributed by atoms with Crippen molar-refractivity contribution in [3.63, 3.8) is 0 Å². The fourth-order valence-electron chi connectivity index (χ4n) is 2.90. The van der Waals surface area contributed by atoms with Gasteiger partial charge < -0.3 is 0 Å². The van der Waals surface area contributed by atoms with Gasteiger partial charge in [0.15, 0.2) is 0 Å². The smallest absolute Gasteiger partial charge is 0.270 e. The molecule has 0 fully saturated rings. The van der Waals surface area contributed by atoms with Crippen LogP contribution in [-0.2, 0) is 4.79 Å². The maximum absolute atomic E-state index is 12.9. The van der Waals surface area contributed by atoms with E-state index in [1.54, 1.807) is 19.1 Å². The molecule has 6 nitrogen and oxygen atoms in total. The van der Waals surface area contributed by atoms with Crippen molar-refractivity contribution in [2.75, 3.05) is 0 Å². The third-order valence-electron chi connectivity index (χ3n) is 4.34. The van der Waals surface area contributed by atoms with Gasteiger partial charge >= 0.3 is 0 Å². The largest absolute Gasteiger partial charge is 0.272 e. The van der Waals surface area contributed by atoms with E-state index < -0.39 is 10.8 Å². The molecule has 0 radical (unpaired) electrons. The molecule has 0 aliphatic heterocycles. The van der Waals surface area contributed by atoms with Crippen LogP contribution in [0.1, 0.15) is 29.5 Å². The molecule has 3 rings (SSSR count). The molecule has 28 heavy (non-hydrogen) atoms. The Morgan fingerprint density at radius 3 is 2.04 bits per heavy atom. The summed E-state index contributed by atoms with van der Waals surface area (Å²) in [7, 11) is 0. The van der Waals surface area contributed by atoms with Crippen LogP contribution in [0.4, 0.5) is 5.69 Å². The number of hydrazone groups is 1. The Bertz CT molecular complexity index is 962. The Labute approximate surface area is 162 Å².